The summed E-state index contributed by atoms with van der Waals surface area (Å²) in [7, 11) is 0. The van der Waals surface area contributed by atoms with Crippen LogP contribution in [0.5, 0.6) is 0 Å². The molecule has 0 aromatic heterocycles. The van der Waals surface area contributed by atoms with Gasteiger partial charge in [-0.3, -0.25) is 9.59 Å². The monoisotopic (exact) mass is 683 g/mol. The first-order valence-electron chi connectivity index (χ1n) is 16.2. The number of nitrogens with one attached hydrogen (secondary N) is 2. The van der Waals surface area contributed by atoms with E-state index in [1.165, 1.54) is 11.8 Å². The van der Waals surface area contributed by atoms with Gasteiger partial charge in [0.1, 0.15) is 0 Å². The van der Waals surface area contributed by atoms with Crippen LogP contribution in [0, 0.1) is 0 Å². The van der Waals surface area contributed by atoms with Gasteiger partial charge in [-0.05, 0) is 53.8 Å². The number of ether oxygens (including phenoxy) is 2. The summed E-state index contributed by atoms with van der Waals surface area (Å²) in [5, 5.41) is 24.8. The first-order valence-corrected chi connectivity index (χ1v) is 17.2. The van der Waals surface area contributed by atoms with Gasteiger partial charge in [0, 0.05) is 42.0 Å². The Labute approximate surface area is 290 Å². The predicted molar refractivity (Wildman–Crippen MR) is 189 cm³/mol. The third-order valence-electron chi connectivity index (χ3n) is 8.19. The number of nitrogen functional groups attached to an aromatic ring is 1. The number of amides is 2. The second-order valence-electron chi connectivity index (χ2n) is 11.8. The van der Waals surface area contributed by atoms with Crippen LogP contribution >= 0.6 is 11.8 Å². The quantitative estimate of drug-likeness (QED) is 0.0528. The molecule has 0 spiro atoms. The molecule has 1 aliphatic rings. The Kier molecular flexibility index (Phi) is 12.8. The lowest BCUT2D eigenvalue weighted by molar-refractivity contribution is -0.245. The Hall–Kier alpha value is -4.68. The minimum atomic E-state index is -0.970. The average Bonchev–Trinajstić information content (AvgIpc) is 3.13. The lowest BCUT2D eigenvalue weighted by Gasteiger charge is -2.36. The number of rotatable bonds is 15. The van der Waals surface area contributed by atoms with Gasteiger partial charge in [-0.25, -0.2) is 4.79 Å². The number of unbranched alkanes of at least 4 members (excludes halogenated alkanes) is 1. The number of aliphatic hydroxyl groups excluding tert-OH is 1. The van der Waals surface area contributed by atoms with E-state index >= 15 is 0 Å². The van der Waals surface area contributed by atoms with Crippen molar-refractivity contribution in [2.24, 2.45) is 0 Å². The fourth-order valence-electron chi connectivity index (χ4n) is 5.45. The number of hydrogen-bond donors (Lipinski definition) is 5. The number of benzene rings is 4. The third kappa shape index (κ3) is 10.4. The minimum Gasteiger partial charge on any atom is -0.478 e. The van der Waals surface area contributed by atoms with Gasteiger partial charge < -0.3 is 36.1 Å². The largest absolute Gasteiger partial charge is 0.478 e. The van der Waals surface area contributed by atoms with Crippen molar-refractivity contribution in [1.29, 1.82) is 0 Å². The SMILES string of the molecule is Nc1ccccc1NC(=O)CCCCC(=O)NCc1ccc(C2OC(CSc3ccccc3C(=O)O)CC(c3ccc(CO)cc3)O2)cc1. The van der Waals surface area contributed by atoms with Crippen LogP contribution in [0.2, 0.25) is 0 Å². The van der Waals surface area contributed by atoms with Gasteiger partial charge in [-0.2, -0.15) is 0 Å². The summed E-state index contributed by atoms with van der Waals surface area (Å²) >= 11 is 1.44. The molecule has 0 radical (unpaired) electrons. The van der Waals surface area contributed by atoms with Gasteiger partial charge in [0.15, 0.2) is 6.29 Å². The smallest absolute Gasteiger partial charge is 0.336 e. The highest BCUT2D eigenvalue weighted by Gasteiger charge is 2.32. The first kappa shape index (κ1) is 35.6. The maximum absolute atomic E-state index is 12.5. The lowest BCUT2D eigenvalue weighted by Crippen LogP contribution is -2.31. The van der Waals surface area contributed by atoms with Crippen molar-refractivity contribution in [3.63, 3.8) is 0 Å². The van der Waals surface area contributed by atoms with E-state index in [0.29, 0.717) is 60.7 Å². The van der Waals surface area contributed by atoms with Gasteiger partial charge in [0.25, 0.3) is 0 Å². The Morgan fingerprint density at radius 2 is 1.45 bits per heavy atom. The molecule has 11 heteroatoms. The number of aromatic carboxylic acids is 1. The van der Waals surface area contributed by atoms with E-state index < -0.39 is 12.3 Å². The molecule has 0 aliphatic carbocycles. The summed E-state index contributed by atoms with van der Waals surface area (Å²) < 4.78 is 12.8. The van der Waals surface area contributed by atoms with Crippen LogP contribution in [0.4, 0.5) is 11.4 Å². The van der Waals surface area contributed by atoms with Crippen LogP contribution < -0.4 is 16.4 Å². The highest BCUT2D eigenvalue weighted by atomic mass is 32.2. The fourth-order valence-corrected chi connectivity index (χ4v) is 6.52. The van der Waals surface area contributed by atoms with Crippen LogP contribution in [0.15, 0.2) is 102 Å². The molecule has 4 aromatic carbocycles. The van der Waals surface area contributed by atoms with Gasteiger partial charge in [-0.15, -0.1) is 11.8 Å². The Bertz CT molecular complexity index is 1720. The number of para-hydroxylation sites is 2. The van der Waals surface area contributed by atoms with E-state index in [1.54, 1.807) is 42.5 Å². The molecular formula is C38H41N3O7S. The van der Waals surface area contributed by atoms with Crippen LogP contribution in [-0.2, 0) is 32.2 Å². The fraction of sp³-hybridized carbons (Fsp3) is 0.289. The molecule has 0 saturated carbocycles. The number of nitrogens with two attached hydrogens (primary N) is 1. The Balaban J connectivity index is 1.13. The van der Waals surface area contributed by atoms with Crippen LogP contribution in [-0.4, -0.2) is 39.9 Å². The standard InChI is InChI=1S/C38H41N3O7S/c39-31-8-2-3-9-32(31)41-36(44)12-6-5-11-35(43)40-22-25-13-19-28(20-14-25)38-47-29(24-49-34-10-4-1-7-30(34)37(45)46)21-33(48-38)27-17-15-26(23-42)16-18-27/h1-4,7-10,13-20,29,33,38,42H,5-6,11-12,21-24,39H2,(H,40,43)(H,41,44)(H,45,46). The van der Waals surface area contributed by atoms with Crippen molar-refractivity contribution < 1.29 is 34.1 Å². The summed E-state index contributed by atoms with van der Waals surface area (Å²) in [5.41, 5.74) is 10.7. The second kappa shape index (κ2) is 17.6. The average molecular weight is 684 g/mol. The summed E-state index contributed by atoms with van der Waals surface area (Å²) in [4.78, 5) is 37.1. The zero-order valence-electron chi connectivity index (χ0n) is 27.0. The van der Waals surface area contributed by atoms with Crippen molar-refractivity contribution in [1.82, 2.24) is 5.32 Å². The van der Waals surface area contributed by atoms with Crippen molar-refractivity contribution in [2.75, 3.05) is 16.8 Å². The summed E-state index contributed by atoms with van der Waals surface area (Å²) in [5.74, 6) is -0.660. The molecule has 6 N–H and O–H groups in total. The van der Waals surface area contributed by atoms with Crippen molar-refractivity contribution in [3.05, 3.63) is 125 Å². The molecule has 3 unspecified atom stereocenters. The van der Waals surface area contributed by atoms with Crippen molar-refractivity contribution in [2.45, 2.75) is 68.6 Å². The molecule has 1 heterocycles. The normalized spacial score (nSPS) is 17.3. The maximum atomic E-state index is 12.5. The summed E-state index contributed by atoms with van der Waals surface area (Å²) in [6.07, 6.45) is 1.22. The number of carbonyl (C=O) groups is 3. The number of thioether (sulfide) groups is 1. The van der Waals surface area contributed by atoms with E-state index in [4.69, 9.17) is 15.2 Å². The molecule has 256 valence electrons. The van der Waals surface area contributed by atoms with Gasteiger partial charge >= 0.3 is 5.97 Å². The molecule has 1 saturated heterocycles. The Morgan fingerprint density at radius 3 is 2.16 bits per heavy atom. The van der Waals surface area contributed by atoms with Gasteiger partial charge in [0.2, 0.25) is 11.8 Å². The third-order valence-corrected chi connectivity index (χ3v) is 9.40. The molecule has 49 heavy (non-hydrogen) atoms. The lowest BCUT2D eigenvalue weighted by atomic mass is 10.0. The number of carboxylic acids is 1. The van der Waals surface area contributed by atoms with Gasteiger partial charge in [-0.1, -0.05) is 72.8 Å². The summed E-state index contributed by atoms with van der Waals surface area (Å²) in [6, 6.07) is 29.4. The van der Waals surface area contributed by atoms with Crippen LogP contribution in [0.3, 0.4) is 0 Å². The molecule has 1 aliphatic heterocycles. The number of carboxylic acid groups (broad SMARTS) is 1. The molecular weight excluding hydrogens is 642 g/mol. The Morgan fingerprint density at radius 1 is 0.796 bits per heavy atom. The summed E-state index contributed by atoms with van der Waals surface area (Å²) in [6.45, 7) is 0.318. The topological polar surface area (TPSA) is 160 Å². The molecule has 0 bridgehead atoms. The highest BCUT2D eigenvalue weighted by Crippen LogP contribution is 2.40. The van der Waals surface area contributed by atoms with E-state index in [2.05, 4.69) is 10.6 Å². The second-order valence-corrected chi connectivity index (χ2v) is 12.9. The number of aliphatic hydroxyl groups is 1. The number of carbonyl (C=O) groups excluding carboxylic acids is 2. The molecule has 10 nitrogen and oxygen atoms in total. The van der Waals surface area contributed by atoms with E-state index in [9.17, 15) is 24.6 Å². The zero-order chi connectivity index (χ0) is 34.6. The highest BCUT2D eigenvalue weighted by molar-refractivity contribution is 7.99. The van der Waals surface area contributed by atoms with Crippen LogP contribution in [0.25, 0.3) is 0 Å². The van der Waals surface area contributed by atoms with Crippen molar-refractivity contribution >= 4 is 40.9 Å². The molecule has 4 aromatic rings. The van der Waals surface area contributed by atoms with E-state index in [1.807, 2.05) is 54.6 Å². The number of hydrogen-bond acceptors (Lipinski definition) is 8. The zero-order valence-corrected chi connectivity index (χ0v) is 27.9. The van der Waals surface area contributed by atoms with Gasteiger partial charge in [0.05, 0.1) is 35.8 Å². The maximum Gasteiger partial charge on any atom is 0.336 e. The molecule has 1 fully saturated rings. The molecule has 5 rings (SSSR count). The molecule has 3 atom stereocenters. The minimum absolute atomic E-state index is 0.0449. The van der Waals surface area contributed by atoms with Crippen molar-refractivity contribution in [3.8, 4) is 0 Å². The molecule has 2 amide bonds. The van der Waals surface area contributed by atoms with Crippen LogP contribution in [0.1, 0.15) is 77.1 Å². The van der Waals surface area contributed by atoms with E-state index in [0.717, 1.165) is 22.3 Å². The first-order chi connectivity index (χ1) is 23.8. The van der Waals surface area contributed by atoms with E-state index in [-0.39, 0.29) is 36.2 Å². The predicted octanol–water partition coefficient (Wildman–Crippen LogP) is 6.61. The number of anilines is 2.